The monoisotopic (exact) mass is 355 g/mol. The lowest BCUT2D eigenvalue weighted by molar-refractivity contribution is 0.398. The lowest BCUT2D eigenvalue weighted by Gasteiger charge is -2.13. The van der Waals surface area contributed by atoms with Crippen molar-refractivity contribution in [2.75, 3.05) is 0 Å². The average Bonchev–Trinajstić information content (AvgIpc) is 2.84. The molecule has 2 rings (SSSR count). The maximum Gasteiger partial charge on any atom is 0.201 e. The fourth-order valence-electron chi connectivity index (χ4n) is 1.46. The Morgan fingerprint density at radius 1 is 1.33 bits per heavy atom. The molecular weight excluding hydrogens is 348 g/mol. The number of halogens is 4. The van der Waals surface area contributed by atoms with Gasteiger partial charge in [0.1, 0.15) is 0 Å². The Labute approximate surface area is 121 Å². The first-order valence-corrected chi connectivity index (χ1v) is 6.35. The minimum atomic E-state index is -1.29. The molecule has 2 nitrogen and oxygen atoms in total. The van der Waals surface area contributed by atoms with Crippen LogP contribution in [-0.2, 0) is 0 Å². The molecule has 2 aromatic rings. The number of phenolic OH excluding ortho intramolecular Hbond substituents is 1. The van der Waals surface area contributed by atoms with Crippen LogP contribution in [0.25, 0.3) is 0 Å². The Morgan fingerprint density at radius 3 is 2.56 bits per heavy atom. The van der Waals surface area contributed by atoms with Crippen LogP contribution in [0.3, 0.4) is 0 Å². The summed E-state index contributed by atoms with van der Waals surface area (Å²) in [7, 11) is 0. The zero-order chi connectivity index (χ0) is 12.6. The van der Waals surface area contributed by atoms with Crippen LogP contribution in [0, 0.1) is 11.6 Å². The molecule has 0 fully saturated rings. The summed E-state index contributed by atoms with van der Waals surface area (Å²) in [5.74, 6) is -3.15. The van der Waals surface area contributed by atoms with Gasteiger partial charge in [0.05, 0.1) is 10.5 Å². The molecule has 0 bridgehead atoms. The second kappa shape index (κ2) is 5.97. The van der Waals surface area contributed by atoms with Crippen molar-refractivity contribution in [3.63, 3.8) is 0 Å². The highest BCUT2D eigenvalue weighted by Gasteiger charge is 2.21. The number of aromatic hydroxyl groups is 1. The van der Waals surface area contributed by atoms with Gasteiger partial charge in [-0.2, -0.15) is 4.39 Å². The minimum Gasteiger partial charge on any atom is -0.505 e. The Bertz CT molecular complexity index is 550. The summed E-state index contributed by atoms with van der Waals surface area (Å²) in [5.41, 5.74) is 6.04. The molecule has 0 unspecified atom stereocenters. The molecule has 1 atom stereocenters. The third-order valence-corrected chi connectivity index (χ3v) is 3.88. The normalized spacial score (nSPS) is 12.0. The third kappa shape index (κ3) is 2.66. The quantitative estimate of drug-likeness (QED) is 0.800. The second-order valence-corrected chi connectivity index (χ2v) is 5.25. The molecule has 0 aliphatic rings. The molecule has 0 amide bonds. The van der Waals surface area contributed by atoms with Gasteiger partial charge in [-0.25, -0.2) is 4.39 Å². The molecule has 98 valence electrons. The maximum atomic E-state index is 13.3. The van der Waals surface area contributed by atoms with Gasteiger partial charge in [0.25, 0.3) is 0 Å². The fourth-order valence-corrected chi connectivity index (χ4v) is 2.63. The molecule has 0 saturated heterocycles. The van der Waals surface area contributed by atoms with Crippen LogP contribution in [-0.4, -0.2) is 5.11 Å². The molecule has 0 aliphatic carbocycles. The topological polar surface area (TPSA) is 46.2 Å². The maximum absolute atomic E-state index is 13.3. The van der Waals surface area contributed by atoms with Crippen molar-refractivity contribution in [1.29, 1.82) is 0 Å². The Balaban J connectivity index is 0.00000162. The number of benzene rings is 1. The molecule has 1 aromatic carbocycles. The zero-order valence-electron chi connectivity index (χ0n) is 8.86. The highest BCUT2D eigenvalue weighted by Crippen LogP contribution is 2.36. The number of thiophene rings is 1. The summed E-state index contributed by atoms with van der Waals surface area (Å²) >= 11 is 4.27. The van der Waals surface area contributed by atoms with Crippen LogP contribution in [0.2, 0.25) is 0 Å². The predicted octanol–water partition coefficient (Wildman–Crippen LogP) is 3.96. The predicted molar refractivity (Wildman–Crippen MR) is 73.3 cm³/mol. The van der Waals surface area contributed by atoms with Gasteiger partial charge in [-0.05, 0) is 33.4 Å². The van der Waals surface area contributed by atoms with Crippen molar-refractivity contribution >= 4 is 39.7 Å². The summed E-state index contributed by atoms with van der Waals surface area (Å²) in [6.45, 7) is 0. The Kier molecular flexibility index (Phi) is 5.10. The number of nitrogens with two attached hydrogens (primary N) is 1. The summed E-state index contributed by atoms with van der Waals surface area (Å²) in [6, 6.07) is 4.18. The minimum absolute atomic E-state index is 0. The van der Waals surface area contributed by atoms with Crippen LogP contribution in [0.5, 0.6) is 5.75 Å². The van der Waals surface area contributed by atoms with Crippen molar-refractivity contribution in [2.24, 2.45) is 5.73 Å². The van der Waals surface area contributed by atoms with Crippen LogP contribution in [0.4, 0.5) is 8.78 Å². The SMILES string of the molecule is Cl.N[C@H](c1cccs1)c1cc(Br)c(F)c(F)c1O. The van der Waals surface area contributed by atoms with Crippen LogP contribution in [0.1, 0.15) is 16.5 Å². The van der Waals surface area contributed by atoms with E-state index in [1.54, 1.807) is 12.1 Å². The summed E-state index contributed by atoms with van der Waals surface area (Å²) in [6.07, 6.45) is 0. The van der Waals surface area contributed by atoms with Gasteiger partial charge in [-0.15, -0.1) is 23.7 Å². The standard InChI is InChI=1S/C11H8BrF2NOS.ClH/c12-6-4-5(11(16)9(14)8(6)13)10(15)7-2-1-3-17-7;/h1-4,10,16H,15H2;1H/t10-;/m0./s1. The molecule has 1 heterocycles. The first kappa shape index (κ1) is 15.4. The van der Waals surface area contributed by atoms with Crippen LogP contribution < -0.4 is 5.73 Å². The van der Waals surface area contributed by atoms with Gasteiger partial charge in [0.15, 0.2) is 11.6 Å². The van der Waals surface area contributed by atoms with E-state index in [9.17, 15) is 13.9 Å². The zero-order valence-corrected chi connectivity index (χ0v) is 12.1. The van der Waals surface area contributed by atoms with Crippen molar-refractivity contribution in [1.82, 2.24) is 0 Å². The van der Waals surface area contributed by atoms with E-state index < -0.39 is 23.4 Å². The molecule has 1 aromatic heterocycles. The number of phenols is 1. The first-order valence-electron chi connectivity index (χ1n) is 4.67. The van der Waals surface area contributed by atoms with Gasteiger partial charge in [-0.3, -0.25) is 0 Å². The van der Waals surface area contributed by atoms with E-state index in [1.807, 2.05) is 5.38 Å². The van der Waals surface area contributed by atoms with Gasteiger partial charge >= 0.3 is 0 Å². The van der Waals surface area contributed by atoms with E-state index in [0.717, 1.165) is 4.88 Å². The first-order chi connectivity index (χ1) is 8.02. The highest BCUT2D eigenvalue weighted by molar-refractivity contribution is 9.10. The summed E-state index contributed by atoms with van der Waals surface area (Å²) in [5, 5.41) is 11.4. The van der Waals surface area contributed by atoms with Gasteiger partial charge in [-0.1, -0.05) is 6.07 Å². The van der Waals surface area contributed by atoms with Crippen LogP contribution >= 0.6 is 39.7 Å². The van der Waals surface area contributed by atoms with E-state index >= 15 is 0 Å². The fraction of sp³-hybridized carbons (Fsp3) is 0.0909. The summed E-state index contributed by atoms with van der Waals surface area (Å²) < 4.78 is 26.4. The van der Waals surface area contributed by atoms with Gasteiger partial charge in [0.2, 0.25) is 5.82 Å². The van der Waals surface area contributed by atoms with Gasteiger partial charge in [0, 0.05) is 10.4 Å². The molecule has 0 aliphatic heterocycles. The van der Waals surface area contributed by atoms with Crippen molar-refractivity contribution in [2.45, 2.75) is 6.04 Å². The van der Waals surface area contributed by atoms with E-state index in [0.29, 0.717) is 0 Å². The Hall–Kier alpha value is -0.690. The van der Waals surface area contributed by atoms with E-state index in [1.165, 1.54) is 17.4 Å². The van der Waals surface area contributed by atoms with E-state index in [2.05, 4.69) is 15.9 Å². The number of rotatable bonds is 2. The number of hydrogen-bond donors (Lipinski definition) is 2. The largest absolute Gasteiger partial charge is 0.505 e. The lowest BCUT2D eigenvalue weighted by atomic mass is 10.0. The van der Waals surface area contributed by atoms with Crippen molar-refractivity contribution in [3.05, 3.63) is 50.1 Å². The van der Waals surface area contributed by atoms with Crippen molar-refractivity contribution in [3.8, 4) is 5.75 Å². The molecule has 3 N–H and O–H groups in total. The van der Waals surface area contributed by atoms with Gasteiger partial charge < -0.3 is 10.8 Å². The lowest BCUT2D eigenvalue weighted by Crippen LogP contribution is -2.11. The molecule has 0 spiro atoms. The summed E-state index contributed by atoms with van der Waals surface area (Å²) in [4.78, 5) is 0.762. The molecule has 18 heavy (non-hydrogen) atoms. The average molecular weight is 357 g/mol. The molecule has 7 heteroatoms. The Morgan fingerprint density at radius 2 is 2.00 bits per heavy atom. The highest BCUT2D eigenvalue weighted by atomic mass is 79.9. The van der Waals surface area contributed by atoms with E-state index in [-0.39, 0.29) is 22.4 Å². The van der Waals surface area contributed by atoms with Crippen molar-refractivity contribution < 1.29 is 13.9 Å². The second-order valence-electron chi connectivity index (χ2n) is 3.42. The molecular formula is C11H9BrClF2NOS. The van der Waals surface area contributed by atoms with E-state index in [4.69, 9.17) is 5.73 Å². The smallest absolute Gasteiger partial charge is 0.201 e. The third-order valence-electron chi connectivity index (χ3n) is 2.35. The molecule has 0 radical (unpaired) electrons. The van der Waals surface area contributed by atoms with Crippen LogP contribution in [0.15, 0.2) is 28.1 Å². The number of hydrogen-bond acceptors (Lipinski definition) is 3. The molecule has 0 saturated carbocycles.